The molecule has 5 aromatic rings. The van der Waals surface area contributed by atoms with Crippen molar-refractivity contribution in [1.29, 1.82) is 0 Å². The predicted molar refractivity (Wildman–Crippen MR) is 128 cm³/mol. The zero-order valence-electron chi connectivity index (χ0n) is 18.3. The Morgan fingerprint density at radius 3 is 2.64 bits per heavy atom. The number of ether oxygens (including phenoxy) is 1. The number of nitrogens with one attached hydrogen (secondary N) is 1. The highest BCUT2D eigenvalue weighted by atomic mass is 32.2. The van der Waals surface area contributed by atoms with Crippen molar-refractivity contribution in [3.8, 4) is 11.6 Å². The molecule has 0 atom stereocenters. The Bertz CT molecular complexity index is 1470. The van der Waals surface area contributed by atoms with Crippen LogP contribution in [0.5, 0.6) is 5.75 Å². The van der Waals surface area contributed by atoms with Gasteiger partial charge in [-0.15, -0.1) is 10.2 Å². The van der Waals surface area contributed by atoms with Crippen LogP contribution in [0, 0.1) is 13.8 Å². The molecule has 0 aliphatic rings. The molecule has 33 heavy (non-hydrogen) atoms. The van der Waals surface area contributed by atoms with Gasteiger partial charge in [0, 0.05) is 22.5 Å². The molecule has 1 N–H and O–H groups in total. The maximum absolute atomic E-state index is 12.6. The fourth-order valence-corrected chi connectivity index (χ4v) is 4.32. The molecular weight excluding hydrogens is 438 g/mol. The highest BCUT2D eigenvalue weighted by molar-refractivity contribution is 7.99. The van der Waals surface area contributed by atoms with E-state index in [0.29, 0.717) is 27.9 Å². The largest absolute Gasteiger partial charge is 0.495 e. The van der Waals surface area contributed by atoms with Crippen molar-refractivity contribution in [2.45, 2.75) is 18.9 Å². The summed E-state index contributed by atoms with van der Waals surface area (Å²) >= 11 is 1.30. The van der Waals surface area contributed by atoms with E-state index in [0.717, 1.165) is 27.7 Å². The minimum absolute atomic E-state index is 0.176. The summed E-state index contributed by atoms with van der Waals surface area (Å²) in [5, 5.41) is 18.4. The number of rotatable bonds is 6. The van der Waals surface area contributed by atoms with E-state index in [-0.39, 0.29) is 11.7 Å². The van der Waals surface area contributed by atoms with E-state index in [1.807, 2.05) is 62.4 Å². The Labute approximate surface area is 193 Å². The molecule has 0 bridgehead atoms. The molecule has 166 valence electrons. The topological polar surface area (TPSA) is 95.1 Å². The first kappa shape index (κ1) is 21.0. The van der Waals surface area contributed by atoms with Gasteiger partial charge >= 0.3 is 0 Å². The van der Waals surface area contributed by atoms with Crippen molar-refractivity contribution in [3.05, 3.63) is 66.0 Å². The summed E-state index contributed by atoms with van der Waals surface area (Å²) in [6.45, 7) is 3.90. The van der Waals surface area contributed by atoms with Gasteiger partial charge in [-0.25, -0.2) is 4.68 Å². The summed E-state index contributed by atoms with van der Waals surface area (Å²) in [6, 6.07) is 17.1. The van der Waals surface area contributed by atoms with Crippen LogP contribution in [0.15, 0.2) is 64.0 Å². The molecule has 3 aromatic heterocycles. The lowest BCUT2D eigenvalue weighted by atomic mass is 10.1. The van der Waals surface area contributed by atoms with Crippen LogP contribution in [0.4, 0.5) is 5.69 Å². The van der Waals surface area contributed by atoms with Gasteiger partial charge in [0.15, 0.2) is 5.82 Å². The Hall–Kier alpha value is -3.85. The van der Waals surface area contributed by atoms with E-state index in [2.05, 4.69) is 20.6 Å². The lowest BCUT2D eigenvalue weighted by Crippen LogP contribution is -2.15. The van der Waals surface area contributed by atoms with Gasteiger partial charge in [-0.2, -0.15) is 5.10 Å². The first-order chi connectivity index (χ1) is 16.0. The van der Waals surface area contributed by atoms with E-state index >= 15 is 0 Å². The van der Waals surface area contributed by atoms with Gasteiger partial charge in [-0.3, -0.25) is 4.79 Å². The Morgan fingerprint density at radius 2 is 1.91 bits per heavy atom. The van der Waals surface area contributed by atoms with Crippen LogP contribution in [0.3, 0.4) is 0 Å². The Morgan fingerprint density at radius 1 is 1.06 bits per heavy atom. The van der Waals surface area contributed by atoms with Crippen LogP contribution < -0.4 is 10.1 Å². The van der Waals surface area contributed by atoms with Crippen molar-refractivity contribution in [2.24, 2.45) is 0 Å². The molecule has 3 heterocycles. The third-order valence-corrected chi connectivity index (χ3v) is 6.10. The first-order valence-corrected chi connectivity index (χ1v) is 11.3. The molecule has 9 heteroatoms. The normalized spacial score (nSPS) is 11.2. The number of hydrogen-bond acceptors (Lipinski definition) is 7. The number of hydrogen-bond donors (Lipinski definition) is 1. The number of methoxy groups -OCH3 is 1. The number of carbonyl (C=O) groups is 1. The molecule has 0 spiro atoms. The average Bonchev–Trinajstić information content (AvgIpc) is 3.35. The van der Waals surface area contributed by atoms with Crippen molar-refractivity contribution in [2.75, 3.05) is 18.2 Å². The molecule has 1 amide bonds. The highest BCUT2D eigenvalue weighted by Gasteiger charge is 2.15. The predicted octanol–water partition coefficient (Wildman–Crippen LogP) is 4.92. The van der Waals surface area contributed by atoms with E-state index in [9.17, 15) is 4.79 Å². The van der Waals surface area contributed by atoms with Gasteiger partial charge in [0.05, 0.1) is 24.2 Å². The molecule has 0 fully saturated rings. The van der Waals surface area contributed by atoms with E-state index in [1.54, 1.807) is 17.9 Å². The van der Waals surface area contributed by atoms with Crippen LogP contribution >= 0.6 is 11.8 Å². The molecule has 2 aromatic carbocycles. The number of thioether (sulfide) groups is 1. The lowest BCUT2D eigenvalue weighted by Gasteiger charge is -2.10. The number of carbonyl (C=O) groups excluding carboxylic acids is 1. The van der Waals surface area contributed by atoms with Crippen LogP contribution in [0.2, 0.25) is 0 Å². The van der Waals surface area contributed by atoms with Crippen molar-refractivity contribution in [1.82, 2.24) is 20.0 Å². The number of nitrogens with zero attached hydrogens (tertiary/aromatic N) is 4. The molecule has 8 nitrogen and oxygen atoms in total. The minimum atomic E-state index is -0.182. The number of furan rings is 1. The van der Waals surface area contributed by atoms with E-state index in [1.165, 1.54) is 11.8 Å². The Balaban J connectivity index is 1.29. The fourth-order valence-electron chi connectivity index (χ4n) is 3.71. The van der Waals surface area contributed by atoms with Gasteiger partial charge in [0.2, 0.25) is 5.91 Å². The van der Waals surface area contributed by atoms with E-state index < -0.39 is 0 Å². The second-order valence-electron chi connectivity index (χ2n) is 7.55. The number of fused-ring (bicyclic) bond motifs is 3. The molecule has 0 aliphatic heterocycles. The molecule has 0 radical (unpaired) electrons. The minimum Gasteiger partial charge on any atom is -0.495 e. The van der Waals surface area contributed by atoms with Gasteiger partial charge in [-0.05, 0) is 44.2 Å². The molecule has 0 unspecified atom stereocenters. The summed E-state index contributed by atoms with van der Waals surface area (Å²) in [7, 11) is 1.58. The summed E-state index contributed by atoms with van der Waals surface area (Å²) in [5.74, 6) is 1.20. The number of aromatic nitrogens is 4. The first-order valence-electron chi connectivity index (χ1n) is 10.3. The lowest BCUT2D eigenvalue weighted by molar-refractivity contribution is -0.113. The summed E-state index contributed by atoms with van der Waals surface area (Å²) in [5.41, 5.74) is 3.93. The third-order valence-electron chi connectivity index (χ3n) is 5.18. The average molecular weight is 460 g/mol. The molecule has 0 saturated carbocycles. The molecule has 5 rings (SSSR count). The van der Waals surface area contributed by atoms with E-state index in [4.69, 9.17) is 9.15 Å². The number of para-hydroxylation sites is 1. The van der Waals surface area contributed by atoms with Gasteiger partial charge in [-0.1, -0.05) is 30.0 Å². The van der Waals surface area contributed by atoms with Crippen molar-refractivity contribution in [3.63, 3.8) is 0 Å². The summed E-state index contributed by atoms with van der Waals surface area (Å²) in [6.07, 6.45) is 0. The zero-order chi connectivity index (χ0) is 22.9. The smallest absolute Gasteiger partial charge is 0.234 e. The van der Waals surface area contributed by atoms with Crippen LogP contribution in [0.1, 0.15) is 11.4 Å². The van der Waals surface area contributed by atoms with Gasteiger partial charge < -0.3 is 14.5 Å². The maximum Gasteiger partial charge on any atom is 0.234 e. The second-order valence-corrected chi connectivity index (χ2v) is 8.55. The summed E-state index contributed by atoms with van der Waals surface area (Å²) in [4.78, 5) is 12.6. The number of anilines is 1. The molecule has 0 saturated heterocycles. The number of amides is 1. The van der Waals surface area contributed by atoms with Crippen LogP contribution in [-0.4, -0.2) is 38.7 Å². The van der Waals surface area contributed by atoms with Crippen molar-refractivity contribution >= 4 is 45.3 Å². The highest BCUT2D eigenvalue weighted by Crippen LogP contribution is 2.36. The Kier molecular flexibility index (Phi) is 5.47. The molecular formula is C24H21N5O3S. The maximum atomic E-state index is 12.6. The van der Waals surface area contributed by atoms with Crippen LogP contribution in [0.25, 0.3) is 27.8 Å². The monoisotopic (exact) mass is 459 g/mol. The second kappa shape index (κ2) is 8.59. The number of benzene rings is 2. The van der Waals surface area contributed by atoms with Gasteiger partial charge in [0.25, 0.3) is 0 Å². The van der Waals surface area contributed by atoms with Crippen molar-refractivity contribution < 1.29 is 13.9 Å². The number of aryl methyl sites for hydroxylation is 2. The fraction of sp³-hybridized carbons (Fsp3) is 0.167. The summed E-state index contributed by atoms with van der Waals surface area (Å²) < 4.78 is 13.2. The van der Waals surface area contributed by atoms with Crippen LogP contribution in [-0.2, 0) is 4.79 Å². The quantitative estimate of drug-likeness (QED) is 0.360. The van der Waals surface area contributed by atoms with Gasteiger partial charge in [0.1, 0.15) is 21.9 Å². The molecule has 0 aliphatic carbocycles. The standard InChI is InChI=1S/C24H21N5O3S/c1-14-10-15(2)29(28-14)22-8-9-24(27-26-22)33-13-23(30)25-18-12-20-17(11-21(18)31-3)16-6-4-5-7-19(16)32-20/h4-12H,13H2,1-3H3,(H,25,30). The SMILES string of the molecule is COc1cc2c(cc1NC(=O)CSc1ccc(-n3nc(C)cc3C)nn1)oc1ccccc12. The zero-order valence-corrected chi connectivity index (χ0v) is 19.1. The third kappa shape index (κ3) is 4.14.